The molecule has 0 radical (unpaired) electrons. The van der Waals surface area contributed by atoms with Gasteiger partial charge in [-0.05, 0) is 109 Å². The van der Waals surface area contributed by atoms with Gasteiger partial charge in [0, 0.05) is 12.8 Å². The second kappa shape index (κ2) is 69.3. The zero-order valence-corrected chi connectivity index (χ0v) is 58.0. The van der Waals surface area contributed by atoms with Crippen molar-refractivity contribution in [2.45, 2.75) is 309 Å². The van der Waals surface area contributed by atoms with E-state index >= 15 is 0 Å². The summed E-state index contributed by atoms with van der Waals surface area (Å²) in [6.07, 6.45) is 97.2. The maximum atomic E-state index is 13.0. The van der Waals surface area contributed by atoms with Crippen LogP contribution in [0.25, 0.3) is 0 Å². The van der Waals surface area contributed by atoms with Gasteiger partial charge in [-0.25, -0.2) is 4.79 Å². The van der Waals surface area contributed by atoms with Crippen LogP contribution in [-0.4, -0.2) is 87.4 Å². The van der Waals surface area contributed by atoms with Crippen molar-refractivity contribution < 1.29 is 42.9 Å². The van der Waals surface area contributed by atoms with E-state index in [0.29, 0.717) is 11.0 Å². The third-order valence-corrected chi connectivity index (χ3v) is 15.4. The monoisotopic (exact) mass is 1240 g/mol. The highest BCUT2D eigenvalue weighted by molar-refractivity contribution is 5.71. The normalized spacial score (nSPS) is 13.5. The Balaban J connectivity index is 4.04. The molecule has 89 heavy (non-hydrogen) atoms. The number of aliphatic carboxylic acids is 1. The quantitative estimate of drug-likeness (QED) is 0.0211. The third-order valence-electron chi connectivity index (χ3n) is 15.4. The minimum Gasteiger partial charge on any atom is -0.477 e. The van der Waals surface area contributed by atoms with Crippen molar-refractivity contribution in [3.63, 3.8) is 0 Å². The number of rotatable bonds is 66. The molecule has 0 rings (SSSR count). The minimum absolute atomic E-state index is 0.182. The first-order valence-electron chi connectivity index (χ1n) is 36.3. The summed E-state index contributed by atoms with van der Waals surface area (Å²) in [7, 11) is 5.97. The number of carboxylic acids is 1. The summed E-state index contributed by atoms with van der Waals surface area (Å²) in [5, 5.41) is 9.75. The Bertz CT molecular complexity index is 1930. The molecule has 2 unspecified atom stereocenters. The molecule has 0 saturated carbocycles. The van der Waals surface area contributed by atoms with Gasteiger partial charge in [-0.3, -0.25) is 9.59 Å². The number of carbonyl (C=O) groups excluding carboxylic acids is 2. The van der Waals surface area contributed by atoms with Crippen LogP contribution in [0.3, 0.4) is 0 Å². The van der Waals surface area contributed by atoms with Crippen molar-refractivity contribution >= 4 is 17.9 Å². The highest BCUT2D eigenvalue weighted by Gasteiger charge is 2.25. The van der Waals surface area contributed by atoms with Gasteiger partial charge >= 0.3 is 17.9 Å². The van der Waals surface area contributed by atoms with Crippen LogP contribution in [0.2, 0.25) is 0 Å². The fourth-order valence-electron chi connectivity index (χ4n) is 9.93. The molecule has 0 aliphatic carbocycles. The molecule has 0 bridgehead atoms. The van der Waals surface area contributed by atoms with E-state index in [1.54, 1.807) is 0 Å². The van der Waals surface area contributed by atoms with Gasteiger partial charge < -0.3 is 28.5 Å². The Morgan fingerprint density at radius 1 is 0.337 bits per heavy atom. The highest BCUT2D eigenvalue weighted by atomic mass is 16.7. The molecule has 1 N–H and O–H groups in total. The number of hydrogen-bond acceptors (Lipinski definition) is 7. The summed E-state index contributed by atoms with van der Waals surface area (Å²) < 4.78 is 23.0. The Kier molecular flexibility index (Phi) is 65.8. The molecule has 0 aromatic heterocycles. The Labute approximate surface area is 548 Å². The second-order valence-corrected chi connectivity index (χ2v) is 25.1. The van der Waals surface area contributed by atoms with E-state index < -0.39 is 24.3 Å². The molecule has 508 valence electrons. The molecule has 0 saturated heterocycles. The van der Waals surface area contributed by atoms with Gasteiger partial charge in [0.1, 0.15) is 13.2 Å². The molecular weight excluding hydrogens is 1100 g/mol. The lowest BCUT2D eigenvalue weighted by Crippen LogP contribution is -2.40. The van der Waals surface area contributed by atoms with E-state index in [0.717, 1.165) is 122 Å². The third kappa shape index (κ3) is 70.7. The van der Waals surface area contributed by atoms with Crippen molar-refractivity contribution in [3.05, 3.63) is 134 Å². The Hall–Kier alpha value is -4.57. The predicted molar refractivity (Wildman–Crippen MR) is 382 cm³/mol. The van der Waals surface area contributed by atoms with Crippen LogP contribution in [-0.2, 0) is 33.3 Å². The zero-order valence-electron chi connectivity index (χ0n) is 58.0. The van der Waals surface area contributed by atoms with E-state index in [2.05, 4.69) is 148 Å². The smallest absolute Gasteiger partial charge is 0.361 e. The summed E-state index contributed by atoms with van der Waals surface area (Å²) >= 11 is 0. The number of hydrogen-bond donors (Lipinski definition) is 1. The van der Waals surface area contributed by atoms with E-state index in [1.165, 1.54) is 148 Å². The largest absolute Gasteiger partial charge is 0.477 e. The summed E-state index contributed by atoms with van der Waals surface area (Å²) in [5.74, 6) is -2.02. The van der Waals surface area contributed by atoms with Gasteiger partial charge in [0.15, 0.2) is 6.10 Å². The molecule has 0 aromatic carbocycles. The zero-order chi connectivity index (χ0) is 64.7. The number of carbonyl (C=O) groups is 3. The van der Waals surface area contributed by atoms with Gasteiger partial charge in [-0.15, -0.1) is 0 Å². The molecule has 0 aromatic rings. The van der Waals surface area contributed by atoms with Gasteiger partial charge in [-0.2, -0.15) is 0 Å². The maximum absolute atomic E-state index is 13.0. The van der Waals surface area contributed by atoms with Gasteiger partial charge in [0.05, 0.1) is 34.4 Å². The molecule has 0 aliphatic heterocycles. The molecule has 0 spiro atoms. The van der Waals surface area contributed by atoms with E-state index in [1.807, 2.05) is 21.1 Å². The van der Waals surface area contributed by atoms with E-state index in [4.69, 9.17) is 18.9 Å². The SMILES string of the molecule is CC/C=C\C/C=C\C/C=C\C/C=C\C/C=C\C/C=C\CCCCCCCCCCCCCCCCCCCCCCCCC(=O)OC(COC(=O)CCCCCCCCC/C=C\C/C=C\C/C=C\C/C=C\C/C=C\CC)COC(OCC[N+](C)(C)C)C(=O)O. The maximum Gasteiger partial charge on any atom is 0.361 e. The number of nitrogens with zero attached hydrogens (tertiary/aromatic N) is 1. The van der Waals surface area contributed by atoms with Crippen molar-refractivity contribution in [1.29, 1.82) is 0 Å². The van der Waals surface area contributed by atoms with Crippen LogP contribution < -0.4 is 0 Å². The van der Waals surface area contributed by atoms with E-state index in [-0.39, 0.29) is 38.6 Å². The van der Waals surface area contributed by atoms with Crippen molar-refractivity contribution in [1.82, 2.24) is 0 Å². The molecule has 0 fully saturated rings. The lowest BCUT2D eigenvalue weighted by Gasteiger charge is -2.25. The van der Waals surface area contributed by atoms with Crippen LogP contribution in [0.4, 0.5) is 0 Å². The van der Waals surface area contributed by atoms with Crippen molar-refractivity contribution in [3.8, 4) is 0 Å². The van der Waals surface area contributed by atoms with Crippen LogP contribution in [0.1, 0.15) is 296 Å². The number of allylic oxidation sites excluding steroid dienone is 22. The molecule has 0 amide bonds. The standard InChI is InChI=1S/C80H135NO8/c1-6-8-10-12-14-16-18-20-22-24-26-28-30-31-32-33-34-35-36-37-38-39-40-41-42-43-44-45-46-47-49-51-53-55-57-59-61-63-65-67-69-71-78(83)89-76(75-88-80(79(84)85)86-73-72-81(3,4)5)74-87-77(82)70-68-66-64-62-60-58-56-54-52-50-48-29-27-25-23-21-19-17-15-13-11-9-7-2/h8-11,14-17,20-23,26-29,31-32,34-35,50,52,76,80H,6-7,12-13,18-19,24-25,30,33,36-49,51,53-75H2,1-5H3/p+1/b10-8-,11-9-,16-14-,17-15-,22-20-,23-21-,28-26-,29-27-,32-31-,35-34-,52-50-. The number of quaternary nitrogens is 1. The fourth-order valence-corrected chi connectivity index (χ4v) is 9.93. The summed E-state index contributed by atoms with van der Waals surface area (Å²) in [5.41, 5.74) is 0. The Morgan fingerprint density at radius 2 is 0.607 bits per heavy atom. The second-order valence-electron chi connectivity index (χ2n) is 25.1. The number of unbranched alkanes of at least 4 members (excludes halogenated alkanes) is 29. The summed E-state index contributed by atoms with van der Waals surface area (Å²) in [4.78, 5) is 37.6. The van der Waals surface area contributed by atoms with Crippen LogP contribution >= 0.6 is 0 Å². The van der Waals surface area contributed by atoms with Crippen LogP contribution in [0.15, 0.2) is 134 Å². The van der Waals surface area contributed by atoms with E-state index in [9.17, 15) is 19.5 Å². The first-order chi connectivity index (χ1) is 43.6. The molecular formula is C80H136NO8+. The topological polar surface area (TPSA) is 108 Å². The average Bonchev–Trinajstić information content (AvgIpc) is 3.64. The van der Waals surface area contributed by atoms with Crippen LogP contribution in [0, 0.1) is 0 Å². The average molecular weight is 1240 g/mol. The summed E-state index contributed by atoms with van der Waals surface area (Å²) in [6, 6.07) is 0. The minimum atomic E-state index is -1.52. The molecule has 9 nitrogen and oxygen atoms in total. The molecule has 0 heterocycles. The number of likely N-dealkylation sites (N-methyl/N-ethyl adjacent to an activating group) is 1. The highest BCUT2D eigenvalue weighted by Crippen LogP contribution is 2.17. The molecule has 9 heteroatoms. The first kappa shape index (κ1) is 84.4. The van der Waals surface area contributed by atoms with Gasteiger partial charge in [0.25, 0.3) is 6.29 Å². The molecule has 0 aliphatic rings. The van der Waals surface area contributed by atoms with Crippen molar-refractivity contribution in [2.75, 3.05) is 47.5 Å². The first-order valence-corrected chi connectivity index (χ1v) is 36.3. The van der Waals surface area contributed by atoms with Gasteiger partial charge in [-0.1, -0.05) is 308 Å². The lowest BCUT2D eigenvalue weighted by molar-refractivity contribution is -0.870. The fraction of sp³-hybridized carbons (Fsp3) is 0.688. The predicted octanol–water partition coefficient (Wildman–Crippen LogP) is 22.9. The summed E-state index contributed by atoms with van der Waals surface area (Å²) in [6.45, 7) is 4.65. The van der Waals surface area contributed by atoms with Crippen LogP contribution in [0.5, 0.6) is 0 Å². The van der Waals surface area contributed by atoms with Gasteiger partial charge in [0.2, 0.25) is 0 Å². The Morgan fingerprint density at radius 3 is 0.899 bits per heavy atom. The molecule has 2 atom stereocenters. The number of ether oxygens (including phenoxy) is 4. The number of esters is 2. The van der Waals surface area contributed by atoms with Crippen molar-refractivity contribution in [2.24, 2.45) is 0 Å². The number of carboxylic acid groups (broad SMARTS) is 1. The lowest BCUT2D eigenvalue weighted by atomic mass is 10.0.